The van der Waals surface area contributed by atoms with Gasteiger partial charge in [-0.05, 0) is 5.56 Å². The predicted molar refractivity (Wildman–Crippen MR) is 76.2 cm³/mol. The molecule has 2 atom stereocenters. The van der Waals surface area contributed by atoms with Crippen molar-refractivity contribution < 1.29 is 19.8 Å². The van der Waals surface area contributed by atoms with Gasteiger partial charge in [0.2, 0.25) is 0 Å². The molecule has 0 amide bonds. The lowest BCUT2D eigenvalue weighted by atomic mass is 9.73. The number of hydrogen-bond donors (Lipinski definition) is 2. The molecule has 0 saturated heterocycles. The zero-order valence-electron chi connectivity index (χ0n) is 11.2. The molecular formula is C17H14O4. The van der Waals surface area contributed by atoms with Crippen molar-refractivity contribution >= 4 is 11.6 Å². The van der Waals surface area contributed by atoms with E-state index in [9.17, 15) is 19.8 Å². The summed E-state index contributed by atoms with van der Waals surface area (Å²) in [5.41, 5.74) is -1.12. The van der Waals surface area contributed by atoms with Crippen LogP contribution in [0.15, 0.2) is 54.6 Å². The molecule has 0 bridgehead atoms. The maximum atomic E-state index is 12.5. The van der Waals surface area contributed by atoms with E-state index in [1.165, 1.54) is 12.1 Å². The van der Waals surface area contributed by atoms with Gasteiger partial charge in [0.15, 0.2) is 23.3 Å². The highest BCUT2D eigenvalue weighted by Gasteiger charge is 2.52. The summed E-state index contributed by atoms with van der Waals surface area (Å²) in [5, 5.41) is 20.8. The van der Waals surface area contributed by atoms with Gasteiger partial charge in [-0.1, -0.05) is 54.6 Å². The molecule has 2 aromatic carbocycles. The summed E-state index contributed by atoms with van der Waals surface area (Å²) in [7, 11) is 0. The highest BCUT2D eigenvalue weighted by Crippen LogP contribution is 2.31. The fraction of sp³-hybridized carbons (Fsp3) is 0.176. The van der Waals surface area contributed by atoms with Crippen LogP contribution in [0.4, 0.5) is 0 Å². The van der Waals surface area contributed by atoms with E-state index in [0.717, 1.165) is 0 Å². The summed E-state index contributed by atoms with van der Waals surface area (Å²) < 4.78 is 0. The van der Waals surface area contributed by atoms with Crippen LogP contribution in [0.2, 0.25) is 0 Å². The van der Waals surface area contributed by atoms with E-state index in [2.05, 4.69) is 0 Å². The van der Waals surface area contributed by atoms with Crippen molar-refractivity contribution in [3.8, 4) is 0 Å². The fourth-order valence-corrected chi connectivity index (χ4v) is 2.70. The van der Waals surface area contributed by atoms with Gasteiger partial charge >= 0.3 is 0 Å². The van der Waals surface area contributed by atoms with E-state index in [-0.39, 0.29) is 17.5 Å². The smallest absolute Gasteiger partial charge is 0.198 e. The number of rotatable bonds is 2. The van der Waals surface area contributed by atoms with Crippen molar-refractivity contribution in [3.05, 3.63) is 71.3 Å². The SMILES string of the molecule is O=C1c2ccccc2C(=O)[C@@](O)(Cc2ccccc2)[C@@H]1O. The zero-order valence-corrected chi connectivity index (χ0v) is 11.2. The Morgan fingerprint density at radius 1 is 0.905 bits per heavy atom. The summed E-state index contributed by atoms with van der Waals surface area (Å²) in [6, 6.07) is 15.1. The highest BCUT2D eigenvalue weighted by molar-refractivity contribution is 6.20. The van der Waals surface area contributed by atoms with E-state index < -0.39 is 23.3 Å². The van der Waals surface area contributed by atoms with Crippen LogP contribution in [-0.4, -0.2) is 33.5 Å². The summed E-state index contributed by atoms with van der Waals surface area (Å²) >= 11 is 0. The van der Waals surface area contributed by atoms with Gasteiger partial charge in [0.25, 0.3) is 0 Å². The Hall–Kier alpha value is -2.30. The fourth-order valence-electron chi connectivity index (χ4n) is 2.70. The Labute approximate surface area is 121 Å². The first-order valence-corrected chi connectivity index (χ1v) is 6.66. The molecule has 4 nitrogen and oxygen atoms in total. The molecule has 1 aliphatic rings. The first kappa shape index (κ1) is 13.7. The first-order valence-electron chi connectivity index (χ1n) is 6.66. The number of ketones is 2. The van der Waals surface area contributed by atoms with Crippen LogP contribution >= 0.6 is 0 Å². The molecule has 21 heavy (non-hydrogen) atoms. The molecule has 0 aromatic heterocycles. The van der Waals surface area contributed by atoms with E-state index >= 15 is 0 Å². The van der Waals surface area contributed by atoms with Gasteiger partial charge in [-0.25, -0.2) is 0 Å². The van der Waals surface area contributed by atoms with Crippen molar-refractivity contribution in [3.63, 3.8) is 0 Å². The molecule has 0 saturated carbocycles. The maximum Gasteiger partial charge on any atom is 0.198 e. The molecule has 0 aliphatic heterocycles. The van der Waals surface area contributed by atoms with Crippen LogP contribution in [0.5, 0.6) is 0 Å². The molecule has 2 aromatic rings. The Balaban J connectivity index is 2.07. The van der Waals surface area contributed by atoms with Crippen LogP contribution in [0, 0.1) is 0 Å². The van der Waals surface area contributed by atoms with Gasteiger partial charge in [0, 0.05) is 17.5 Å². The average Bonchev–Trinajstić information content (AvgIpc) is 2.52. The van der Waals surface area contributed by atoms with E-state index in [4.69, 9.17) is 0 Å². The van der Waals surface area contributed by atoms with E-state index in [1.807, 2.05) is 6.07 Å². The number of benzene rings is 2. The van der Waals surface area contributed by atoms with Crippen LogP contribution in [-0.2, 0) is 6.42 Å². The Morgan fingerprint density at radius 2 is 1.48 bits per heavy atom. The first-order chi connectivity index (χ1) is 10.0. The summed E-state index contributed by atoms with van der Waals surface area (Å²) in [4.78, 5) is 24.7. The number of carbonyl (C=O) groups is 2. The van der Waals surface area contributed by atoms with Crippen molar-refractivity contribution in [2.45, 2.75) is 18.1 Å². The molecule has 0 fully saturated rings. The van der Waals surface area contributed by atoms with Gasteiger partial charge in [-0.2, -0.15) is 0 Å². The highest BCUT2D eigenvalue weighted by atomic mass is 16.4. The number of Topliss-reactive ketones (excluding diaryl/α,β-unsaturated/α-hetero) is 2. The van der Waals surface area contributed by atoms with E-state index in [1.54, 1.807) is 36.4 Å². The van der Waals surface area contributed by atoms with Gasteiger partial charge in [0.1, 0.15) is 0 Å². The molecule has 3 rings (SSSR count). The third kappa shape index (κ3) is 2.09. The minimum Gasteiger partial charge on any atom is -0.381 e. The number of aliphatic hydroxyl groups excluding tert-OH is 1. The van der Waals surface area contributed by atoms with Crippen LogP contribution < -0.4 is 0 Å². The summed E-state index contributed by atoms with van der Waals surface area (Å²) in [6.45, 7) is 0. The number of carbonyl (C=O) groups excluding carboxylic acids is 2. The average molecular weight is 282 g/mol. The monoisotopic (exact) mass is 282 g/mol. The van der Waals surface area contributed by atoms with Gasteiger partial charge in [0.05, 0.1) is 0 Å². The molecule has 4 heteroatoms. The van der Waals surface area contributed by atoms with Crippen LogP contribution in [0.3, 0.4) is 0 Å². The molecule has 106 valence electrons. The lowest BCUT2D eigenvalue weighted by Gasteiger charge is -2.35. The molecule has 1 aliphatic carbocycles. The second-order valence-electron chi connectivity index (χ2n) is 5.23. The van der Waals surface area contributed by atoms with Crippen LogP contribution in [0.1, 0.15) is 26.3 Å². The topological polar surface area (TPSA) is 74.6 Å². The quantitative estimate of drug-likeness (QED) is 0.873. The third-order valence-corrected chi connectivity index (χ3v) is 3.85. The lowest BCUT2D eigenvalue weighted by molar-refractivity contribution is -0.0404. The number of aliphatic hydroxyl groups is 2. The van der Waals surface area contributed by atoms with Crippen molar-refractivity contribution in [2.24, 2.45) is 0 Å². The maximum absolute atomic E-state index is 12.5. The Bertz CT molecular complexity index is 708. The predicted octanol–water partition coefficient (Wildman–Crippen LogP) is 1.40. The number of hydrogen-bond acceptors (Lipinski definition) is 4. The molecule has 0 heterocycles. The second kappa shape index (κ2) is 4.91. The summed E-state index contributed by atoms with van der Waals surface area (Å²) in [6.07, 6.45) is -1.85. The minimum atomic E-state index is -2.12. The standard InChI is InChI=1S/C17H14O4/c18-14-12-8-4-5-9-13(12)15(19)17(21,16(14)20)10-11-6-2-1-3-7-11/h1-9,16,20-21H,10H2/t16-,17+/m1/s1. The van der Waals surface area contributed by atoms with Crippen LogP contribution in [0.25, 0.3) is 0 Å². The largest absolute Gasteiger partial charge is 0.381 e. The molecule has 0 unspecified atom stereocenters. The number of fused-ring (bicyclic) bond motifs is 1. The molecule has 0 spiro atoms. The lowest BCUT2D eigenvalue weighted by Crippen LogP contribution is -2.58. The van der Waals surface area contributed by atoms with Gasteiger partial charge in [-0.3, -0.25) is 9.59 Å². The van der Waals surface area contributed by atoms with Crippen molar-refractivity contribution in [2.75, 3.05) is 0 Å². The summed E-state index contributed by atoms with van der Waals surface area (Å²) in [5.74, 6) is -1.24. The molecule has 0 radical (unpaired) electrons. The Morgan fingerprint density at radius 3 is 2.14 bits per heavy atom. The normalized spacial score (nSPS) is 24.8. The second-order valence-corrected chi connectivity index (χ2v) is 5.23. The Kier molecular flexibility index (Phi) is 3.20. The van der Waals surface area contributed by atoms with Gasteiger partial charge in [-0.15, -0.1) is 0 Å². The molecular weight excluding hydrogens is 268 g/mol. The third-order valence-electron chi connectivity index (χ3n) is 3.85. The van der Waals surface area contributed by atoms with Gasteiger partial charge < -0.3 is 10.2 Å². The minimum absolute atomic E-state index is 0.103. The van der Waals surface area contributed by atoms with E-state index in [0.29, 0.717) is 5.56 Å². The van der Waals surface area contributed by atoms with Crippen molar-refractivity contribution in [1.29, 1.82) is 0 Å². The van der Waals surface area contributed by atoms with Crippen molar-refractivity contribution in [1.82, 2.24) is 0 Å². The zero-order chi connectivity index (χ0) is 15.0. The molecule has 2 N–H and O–H groups in total.